The molecule has 6 heavy (non-hydrogen) atoms. The Kier molecular flexibility index (Phi) is 200. The van der Waals surface area contributed by atoms with Gasteiger partial charge < -0.3 is 5.48 Å². The van der Waals surface area contributed by atoms with Crippen molar-refractivity contribution < 1.29 is 30.9 Å². The molecule has 0 aromatic heterocycles. The van der Waals surface area contributed by atoms with Crippen LogP contribution in [0.5, 0.6) is 0 Å². The van der Waals surface area contributed by atoms with Crippen LogP contribution in [0.15, 0.2) is 0 Å². The van der Waals surface area contributed by atoms with Gasteiger partial charge in [0, 0.05) is 0 Å². The van der Waals surface area contributed by atoms with Crippen molar-refractivity contribution in [2.45, 2.75) is 0 Å². The van der Waals surface area contributed by atoms with Crippen LogP contribution in [0.1, 0.15) is 0 Å². The van der Waals surface area contributed by atoms with Crippen LogP contribution >= 0.6 is 0 Å². The van der Waals surface area contributed by atoms with Crippen molar-refractivity contribution in [3.63, 3.8) is 0 Å². The van der Waals surface area contributed by atoms with Crippen LogP contribution in [-0.4, -0.2) is 26.7 Å². The Labute approximate surface area is 57.8 Å². The summed E-state index contributed by atoms with van der Waals surface area (Å²) in [5.74, 6) is 0. The van der Waals surface area contributed by atoms with E-state index < -0.39 is 9.29 Å². The first kappa shape index (κ1) is 29.2. The van der Waals surface area contributed by atoms with Gasteiger partial charge in [-0.2, -0.15) is 0 Å². The Balaban J connectivity index is -0.00000000667. The first-order valence-corrected chi connectivity index (χ1v) is 1.22. The van der Waals surface area contributed by atoms with Gasteiger partial charge in [0.25, 0.3) is 0 Å². The Morgan fingerprint density at radius 2 is 1.17 bits per heavy atom. The summed E-state index contributed by atoms with van der Waals surface area (Å²) in [6, 6.07) is 0. The third-order valence-corrected chi connectivity index (χ3v) is 0. The smallest absolute Gasteiger partial charge is 2.00 e. The molecule has 0 aromatic carbocycles. The summed E-state index contributed by atoms with van der Waals surface area (Å²) in [7, 11) is -1.42. The molecular weight excluding hydrogens is 162 g/mol. The summed E-state index contributed by atoms with van der Waals surface area (Å²) in [4.78, 5) is 0. The molecule has 0 unspecified atom stereocenters. The second-order valence-electron chi connectivity index (χ2n) is 0.0833. The molecule has 0 rings (SSSR count). The van der Waals surface area contributed by atoms with Crippen LogP contribution in [0.3, 0.4) is 0 Å². The third-order valence-electron chi connectivity index (χ3n) is 0. The van der Waals surface area contributed by atoms with E-state index in [-0.39, 0.29) is 39.3 Å². The molecule has 3 nitrogen and oxygen atoms in total. The molecule has 0 spiro atoms. The summed E-state index contributed by atoms with van der Waals surface area (Å²) in [6.45, 7) is 0. The van der Waals surface area contributed by atoms with Crippen LogP contribution in [0.4, 0.5) is 0 Å². The van der Waals surface area contributed by atoms with E-state index in [0.29, 0.717) is 0 Å². The summed E-state index contributed by atoms with van der Waals surface area (Å²) in [5, 5.41) is 0. The second-order valence-corrected chi connectivity index (χ2v) is 0.250. The van der Waals surface area contributed by atoms with Crippen LogP contribution in [0.2, 0.25) is 0 Å². The summed E-state index contributed by atoms with van der Waals surface area (Å²) in [5.41, 5.74) is 0. The average Bonchev–Trinajstić information content (AvgIpc) is 0.918. The van der Waals surface area contributed by atoms with Gasteiger partial charge in [-0.05, 0) is 0 Å². The van der Waals surface area contributed by atoms with Crippen molar-refractivity contribution in [1.29, 1.82) is 0 Å². The fourth-order valence-corrected chi connectivity index (χ4v) is 0. The van der Waals surface area contributed by atoms with Crippen LogP contribution in [0, 0.1) is 0 Å². The minimum atomic E-state index is -1.42. The van der Waals surface area contributed by atoms with E-state index in [1.165, 1.54) is 0 Å². The normalized spacial score (nSPS) is 1.33. The first-order chi connectivity index (χ1) is 1.41. The van der Waals surface area contributed by atoms with E-state index in [1.54, 1.807) is 0 Å². The van der Waals surface area contributed by atoms with Gasteiger partial charge in [-0.1, -0.05) is 0 Å². The van der Waals surface area contributed by atoms with Gasteiger partial charge in [0.05, 0.1) is 0 Å². The molecule has 0 saturated heterocycles. The van der Waals surface area contributed by atoms with E-state index in [2.05, 4.69) is 0 Å². The zero-order valence-corrected chi connectivity index (χ0v) is 5.76. The number of hydrogen-bond donors (Lipinski definition) is 0. The Bertz CT molecular complexity index is 31.8. The maximum Gasteiger partial charge on any atom is 3.00 e. The van der Waals surface area contributed by atoms with Crippen molar-refractivity contribution in [3.8, 4) is 0 Å². The van der Waals surface area contributed by atoms with E-state index >= 15 is 0 Å². The van der Waals surface area contributed by atoms with Crippen LogP contribution < -0.4 is 0 Å². The van der Waals surface area contributed by atoms with E-state index in [4.69, 9.17) is 8.92 Å². The van der Waals surface area contributed by atoms with E-state index in [1.807, 2.05) is 0 Å². The van der Waals surface area contributed by atoms with Gasteiger partial charge in [-0.3, -0.25) is 8.92 Å². The molecule has 0 amide bonds. The molecule has 6 heteroatoms. The average molecular weight is 162 g/mol. The molecule has 0 N–H and O–H groups in total. The van der Waals surface area contributed by atoms with Crippen LogP contribution in [0.25, 0.3) is 0 Å². The fraction of sp³-hybridized carbons (Fsp3) is 0. The van der Waals surface area contributed by atoms with Crippen molar-refractivity contribution in [2.75, 3.05) is 0 Å². The Hall–Kier alpha value is 0.803. The minimum Gasteiger partial charge on any atom is -2.00 e. The van der Waals surface area contributed by atoms with E-state index in [0.717, 1.165) is 0 Å². The molecule has 0 bridgehead atoms. The number of hydrogen-bond acceptors (Lipinski definition) is 2. The molecule has 0 heterocycles. The molecule has 0 aliphatic rings. The van der Waals surface area contributed by atoms with Gasteiger partial charge >= 0.3 is 43.1 Å². The molecule has 0 fully saturated rings. The Morgan fingerprint density at radius 3 is 1.17 bits per heavy atom. The zero-order valence-electron chi connectivity index (χ0n) is 2.62. The maximum absolute atomic E-state index is 8.40. The monoisotopic (exact) mass is 161 g/mol. The predicted octanol–water partition coefficient (Wildman–Crippen LogP) is -1.12. The quantitative estimate of drug-likeness (QED) is 0.423. The largest absolute Gasteiger partial charge is 3.00 e. The van der Waals surface area contributed by atoms with Crippen molar-refractivity contribution in [1.82, 2.24) is 0 Å². The SMILES string of the molecule is O=[Si]=O.[Al+3].[Ni+2].[O-2]. The van der Waals surface area contributed by atoms with Gasteiger partial charge in [0.15, 0.2) is 0 Å². The predicted molar refractivity (Wildman–Crippen MR) is 13.6 cm³/mol. The minimum absolute atomic E-state index is 0. The summed E-state index contributed by atoms with van der Waals surface area (Å²) < 4.78 is 16.8. The van der Waals surface area contributed by atoms with Gasteiger partial charge in [-0.25, -0.2) is 0 Å². The van der Waals surface area contributed by atoms with E-state index in [9.17, 15) is 0 Å². The van der Waals surface area contributed by atoms with Gasteiger partial charge in [-0.15, -0.1) is 0 Å². The van der Waals surface area contributed by atoms with Crippen molar-refractivity contribution in [2.24, 2.45) is 0 Å². The van der Waals surface area contributed by atoms with Gasteiger partial charge in [0.2, 0.25) is 0 Å². The first-order valence-electron chi connectivity index (χ1n) is 0.408. The molecule has 0 radical (unpaired) electrons. The molecule has 0 saturated carbocycles. The number of rotatable bonds is 0. The summed E-state index contributed by atoms with van der Waals surface area (Å²) >= 11 is 0. The van der Waals surface area contributed by atoms with Gasteiger partial charge in [0.1, 0.15) is 0 Å². The summed E-state index contributed by atoms with van der Waals surface area (Å²) in [6.07, 6.45) is 0. The maximum atomic E-state index is 8.40. The fourth-order valence-electron chi connectivity index (χ4n) is 0. The standard InChI is InChI=1S/Al.Ni.O2Si.O/c;;1-3-2;/q+3;+2;;-2. The van der Waals surface area contributed by atoms with Crippen molar-refractivity contribution in [3.05, 3.63) is 0 Å². The molecule has 0 aliphatic heterocycles. The Morgan fingerprint density at radius 1 is 1.17 bits per heavy atom. The van der Waals surface area contributed by atoms with Crippen molar-refractivity contribution >= 4 is 26.7 Å². The van der Waals surface area contributed by atoms with Crippen LogP contribution in [-0.2, 0) is 30.9 Å². The molecule has 0 aliphatic carbocycles. The topological polar surface area (TPSA) is 62.6 Å². The molecule has 0 atom stereocenters. The third kappa shape index (κ3) is 108. The molecule has 0 aromatic rings. The molecular formula is AlNiO3Si+3. The zero-order chi connectivity index (χ0) is 2.71. The molecule has 32 valence electrons. The second kappa shape index (κ2) is 41.2.